The molecule has 1 atom stereocenters. The maximum Gasteiger partial charge on any atom is 0.304 e. The van der Waals surface area contributed by atoms with E-state index in [-0.39, 0.29) is 43.3 Å². The van der Waals surface area contributed by atoms with Gasteiger partial charge in [0.1, 0.15) is 36.1 Å². The third-order valence-electron chi connectivity index (χ3n) is 8.39. The third kappa shape index (κ3) is 6.21. The Balaban J connectivity index is 1.14. The molecule has 1 saturated heterocycles. The van der Waals surface area contributed by atoms with Crippen molar-refractivity contribution < 1.29 is 37.6 Å². The Morgan fingerprint density at radius 1 is 0.927 bits per heavy atom. The Morgan fingerprint density at radius 3 is 2.49 bits per heavy atom. The van der Waals surface area contributed by atoms with Crippen LogP contribution in [0.2, 0.25) is 0 Å². The molecule has 3 aromatic carbocycles. The van der Waals surface area contributed by atoms with E-state index in [4.69, 9.17) is 19.3 Å². The molecule has 0 amide bonds. The molecule has 1 aliphatic carbocycles. The summed E-state index contributed by atoms with van der Waals surface area (Å²) in [5, 5.41) is 19.9. The fourth-order valence-corrected chi connectivity index (χ4v) is 7.54. The van der Waals surface area contributed by atoms with Gasteiger partial charge in [-0.2, -0.15) is 0 Å². The maximum atomic E-state index is 11.7. The average molecular weight is 579 g/mol. The van der Waals surface area contributed by atoms with Crippen LogP contribution in [-0.2, 0) is 34.1 Å². The standard InChI is InChI=1S/C32H34O8S/c33-31(34)16-24-19-39-30-17-26(7-9-28(24)30)38-18-21-4-5-22-2-1-3-23-15-25(6-8-27(23)29(22)14-21)40-20-32(35)10-12-41(36,37)13-11-32/h4-9,14-15,17,24,35H,1-3,10-13,16,18-20H2,(H,33,34)/t24-/m1/s1. The molecule has 41 heavy (non-hydrogen) atoms. The number of carbonyl (C=O) groups is 1. The van der Waals surface area contributed by atoms with Crippen molar-refractivity contribution in [3.63, 3.8) is 0 Å². The molecule has 2 aliphatic heterocycles. The van der Waals surface area contributed by atoms with Crippen LogP contribution in [0.5, 0.6) is 17.2 Å². The second-order valence-corrected chi connectivity index (χ2v) is 13.7. The smallest absolute Gasteiger partial charge is 0.304 e. The monoisotopic (exact) mass is 578 g/mol. The van der Waals surface area contributed by atoms with Crippen molar-refractivity contribution >= 4 is 15.8 Å². The number of aliphatic carboxylic acids is 1. The molecular formula is C32H34O8S. The number of sulfone groups is 1. The fraction of sp³-hybridized carbons (Fsp3) is 0.406. The molecule has 2 heterocycles. The summed E-state index contributed by atoms with van der Waals surface area (Å²) in [6.45, 7) is 0.829. The quantitative estimate of drug-likeness (QED) is 0.395. The van der Waals surface area contributed by atoms with Crippen LogP contribution in [-0.4, -0.2) is 54.9 Å². The summed E-state index contributed by atoms with van der Waals surface area (Å²) in [5.41, 5.74) is 5.63. The zero-order valence-electron chi connectivity index (χ0n) is 22.8. The lowest BCUT2D eigenvalue weighted by Gasteiger charge is -2.31. The predicted molar refractivity (Wildman–Crippen MR) is 153 cm³/mol. The molecule has 8 nitrogen and oxygen atoms in total. The minimum Gasteiger partial charge on any atom is -0.492 e. The Labute approximate surface area is 239 Å². The number of aryl methyl sites for hydroxylation is 2. The number of ether oxygens (including phenoxy) is 3. The van der Waals surface area contributed by atoms with Gasteiger partial charge in [0.2, 0.25) is 0 Å². The normalized spacial score (nSPS) is 20.1. The third-order valence-corrected chi connectivity index (χ3v) is 10.0. The van der Waals surface area contributed by atoms with Gasteiger partial charge < -0.3 is 24.4 Å². The molecule has 6 rings (SSSR count). The number of hydrogen-bond acceptors (Lipinski definition) is 7. The van der Waals surface area contributed by atoms with Crippen molar-refractivity contribution in [3.05, 3.63) is 76.9 Å². The molecule has 216 valence electrons. The van der Waals surface area contributed by atoms with Gasteiger partial charge in [-0.25, -0.2) is 8.42 Å². The van der Waals surface area contributed by atoms with Crippen LogP contribution in [0, 0.1) is 0 Å². The van der Waals surface area contributed by atoms with Gasteiger partial charge in [0.05, 0.1) is 24.5 Å². The highest BCUT2D eigenvalue weighted by Gasteiger charge is 2.36. The predicted octanol–water partition coefficient (Wildman–Crippen LogP) is 4.69. The molecule has 0 aromatic heterocycles. The van der Waals surface area contributed by atoms with Crippen molar-refractivity contribution in [3.8, 4) is 28.4 Å². The van der Waals surface area contributed by atoms with E-state index in [0.717, 1.165) is 36.0 Å². The van der Waals surface area contributed by atoms with Gasteiger partial charge in [-0.05, 0) is 84.2 Å². The van der Waals surface area contributed by atoms with E-state index >= 15 is 0 Å². The van der Waals surface area contributed by atoms with E-state index in [0.29, 0.717) is 30.5 Å². The average Bonchev–Trinajstić information content (AvgIpc) is 3.24. The lowest BCUT2D eigenvalue weighted by atomic mass is 9.94. The second kappa shape index (κ2) is 11.0. The summed E-state index contributed by atoms with van der Waals surface area (Å²) >= 11 is 0. The summed E-state index contributed by atoms with van der Waals surface area (Å²) in [4.78, 5) is 11.1. The van der Waals surface area contributed by atoms with Crippen molar-refractivity contribution in [1.82, 2.24) is 0 Å². The summed E-state index contributed by atoms with van der Waals surface area (Å²) in [7, 11) is -3.06. The molecular weight excluding hydrogens is 544 g/mol. The fourth-order valence-electron chi connectivity index (χ4n) is 5.95. The number of carboxylic acids is 1. The summed E-state index contributed by atoms with van der Waals surface area (Å²) in [6.07, 6.45) is 3.33. The van der Waals surface area contributed by atoms with Gasteiger partial charge in [-0.3, -0.25) is 4.79 Å². The number of fused-ring (bicyclic) bond motifs is 4. The van der Waals surface area contributed by atoms with E-state index in [1.54, 1.807) is 0 Å². The maximum absolute atomic E-state index is 11.7. The molecule has 1 fully saturated rings. The Bertz CT molecular complexity index is 1560. The van der Waals surface area contributed by atoms with E-state index in [1.165, 1.54) is 16.7 Å². The van der Waals surface area contributed by atoms with Gasteiger partial charge in [0.15, 0.2) is 9.84 Å². The zero-order chi connectivity index (χ0) is 28.6. The largest absolute Gasteiger partial charge is 0.492 e. The molecule has 3 aromatic rings. The van der Waals surface area contributed by atoms with Crippen LogP contribution in [0.25, 0.3) is 11.1 Å². The topological polar surface area (TPSA) is 119 Å². The minimum atomic E-state index is -3.06. The van der Waals surface area contributed by atoms with Crippen molar-refractivity contribution in [2.75, 3.05) is 24.7 Å². The van der Waals surface area contributed by atoms with E-state index in [1.807, 2.05) is 30.3 Å². The highest BCUT2D eigenvalue weighted by atomic mass is 32.2. The van der Waals surface area contributed by atoms with E-state index in [2.05, 4.69) is 24.3 Å². The minimum absolute atomic E-state index is 0.00656. The first kappa shape index (κ1) is 27.6. The first-order valence-electron chi connectivity index (χ1n) is 14.1. The molecule has 0 spiro atoms. The number of benzene rings is 3. The molecule has 9 heteroatoms. The highest BCUT2D eigenvalue weighted by Crippen LogP contribution is 2.39. The Morgan fingerprint density at radius 2 is 1.68 bits per heavy atom. The van der Waals surface area contributed by atoms with Crippen LogP contribution < -0.4 is 14.2 Å². The number of hydrogen-bond donors (Lipinski definition) is 2. The van der Waals surface area contributed by atoms with Crippen LogP contribution >= 0.6 is 0 Å². The molecule has 0 unspecified atom stereocenters. The molecule has 0 bridgehead atoms. The molecule has 3 aliphatic rings. The van der Waals surface area contributed by atoms with Crippen LogP contribution in [0.1, 0.15) is 53.9 Å². The van der Waals surface area contributed by atoms with Gasteiger partial charge in [-0.15, -0.1) is 0 Å². The van der Waals surface area contributed by atoms with Gasteiger partial charge >= 0.3 is 5.97 Å². The van der Waals surface area contributed by atoms with Crippen LogP contribution in [0.4, 0.5) is 0 Å². The first-order chi connectivity index (χ1) is 19.7. The zero-order valence-corrected chi connectivity index (χ0v) is 23.6. The molecule has 0 saturated carbocycles. The highest BCUT2D eigenvalue weighted by molar-refractivity contribution is 7.91. The number of carboxylic acid groups (broad SMARTS) is 1. The first-order valence-corrected chi connectivity index (χ1v) is 15.9. The second-order valence-electron chi connectivity index (χ2n) is 11.4. The Kier molecular flexibility index (Phi) is 7.42. The lowest BCUT2D eigenvalue weighted by Crippen LogP contribution is -2.43. The van der Waals surface area contributed by atoms with Gasteiger partial charge in [0, 0.05) is 17.5 Å². The Hall–Kier alpha value is -3.56. The van der Waals surface area contributed by atoms with Crippen molar-refractivity contribution in [2.45, 2.75) is 56.7 Å². The summed E-state index contributed by atoms with van der Waals surface area (Å²) < 4.78 is 41.3. The van der Waals surface area contributed by atoms with E-state index in [9.17, 15) is 18.3 Å². The van der Waals surface area contributed by atoms with E-state index < -0.39 is 21.4 Å². The van der Waals surface area contributed by atoms with Gasteiger partial charge in [-0.1, -0.05) is 24.3 Å². The van der Waals surface area contributed by atoms with Crippen molar-refractivity contribution in [1.29, 1.82) is 0 Å². The summed E-state index contributed by atoms with van der Waals surface area (Å²) in [6, 6.07) is 18.1. The van der Waals surface area contributed by atoms with Gasteiger partial charge in [0.25, 0.3) is 0 Å². The summed E-state index contributed by atoms with van der Waals surface area (Å²) in [5.74, 6) is 1.05. The van der Waals surface area contributed by atoms with Crippen LogP contribution in [0.3, 0.4) is 0 Å². The van der Waals surface area contributed by atoms with Crippen LogP contribution in [0.15, 0.2) is 54.6 Å². The lowest BCUT2D eigenvalue weighted by molar-refractivity contribution is -0.137. The molecule has 0 radical (unpaired) electrons. The number of rotatable bonds is 8. The van der Waals surface area contributed by atoms with Crippen molar-refractivity contribution in [2.24, 2.45) is 0 Å². The SMILES string of the molecule is O=C(O)C[C@@H]1COc2cc(OCc3ccc4c(c3)-c3ccc(OCC5(O)CCS(=O)(=O)CC5)cc3CCC4)ccc21. The molecule has 2 N–H and O–H groups in total. The number of aliphatic hydroxyl groups is 1.